The standard InChI is InChI=1S/C23H23Cl2NO3/c1-15-10-11-26(22(2,3)17-12-18(24)14-19(25)13-17)20(27)23(15,21(28)29-4)16-8-6-5-7-9-16/h5-9,12-14H,1,10-11H2,2-4H3. The summed E-state index contributed by atoms with van der Waals surface area (Å²) in [5, 5.41) is 0.966. The lowest BCUT2D eigenvalue weighted by Gasteiger charge is -2.48. The van der Waals surface area contributed by atoms with Crippen molar-refractivity contribution in [3.8, 4) is 0 Å². The number of piperidine rings is 1. The number of carbonyl (C=O) groups is 2. The lowest BCUT2D eigenvalue weighted by atomic mass is 9.69. The van der Waals surface area contributed by atoms with E-state index in [0.29, 0.717) is 34.1 Å². The van der Waals surface area contributed by atoms with Crippen molar-refractivity contribution in [3.63, 3.8) is 0 Å². The maximum Gasteiger partial charge on any atom is 0.330 e. The number of nitrogens with zero attached hydrogens (tertiary/aromatic N) is 1. The third kappa shape index (κ3) is 3.45. The number of hydrogen-bond acceptors (Lipinski definition) is 3. The molecule has 3 rings (SSSR count). The summed E-state index contributed by atoms with van der Waals surface area (Å²) in [5.74, 6) is -1.00. The molecule has 0 N–H and O–H groups in total. The summed E-state index contributed by atoms with van der Waals surface area (Å²) in [6.45, 7) is 8.33. The second-order valence-electron chi connectivity index (χ2n) is 7.64. The molecule has 152 valence electrons. The number of halogens is 2. The van der Waals surface area contributed by atoms with E-state index in [9.17, 15) is 9.59 Å². The number of ether oxygens (including phenoxy) is 1. The summed E-state index contributed by atoms with van der Waals surface area (Å²) in [7, 11) is 1.29. The maximum absolute atomic E-state index is 13.9. The molecule has 0 saturated carbocycles. The topological polar surface area (TPSA) is 46.6 Å². The van der Waals surface area contributed by atoms with Gasteiger partial charge in [-0.25, -0.2) is 0 Å². The third-order valence-corrected chi connectivity index (χ3v) is 6.11. The first-order chi connectivity index (χ1) is 13.6. The molecule has 0 aliphatic carbocycles. The monoisotopic (exact) mass is 431 g/mol. The fourth-order valence-corrected chi connectivity index (χ4v) is 4.53. The molecule has 4 nitrogen and oxygen atoms in total. The van der Waals surface area contributed by atoms with E-state index in [4.69, 9.17) is 27.9 Å². The summed E-state index contributed by atoms with van der Waals surface area (Å²) >= 11 is 12.4. The van der Waals surface area contributed by atoms with Gasteiger partial charge in [0, 0.05) is 16.6 Å². The van der Waals surface area contributed by atoms with Crippen molar-refractivity contribution in [1.29, 1.82) is 0 Å². The number of carbonyl (C=O) groups excluding carboxylic acids is 2. The summed E-state index contributed by atoms with van der Waals surface area (Å²) in [6.07, 6.45) is 0.466. The number of methoxy groups -OCH3 is 1. The van der Waals surface area contributed by atoms with Crippen molar-refractivity contribution in [2.75, 3.05) is 13.7 Å². The molecule has 1 amide bonds. The fourth-order valence-electron chi connectivity index (χ4n) is 4.00. The van der Waals surface area contributed by atoms with E-state index in [0.717, 1.165) is 5.56 Å². The fraction of sp³-hybridized carbons (Fsp3) is 0.304. The molecule has 2 aromatic rings. The smallest absolute Gasteiger partial charge is 0.330 e. The molecule has 1 atom stereocenters. The van der Waals surface area contributed by atoms with Crippen LogP contribution < -0.4 is 0 Å². The molecule has 0 aromatic heterocycles. The third-order valence-electron chi connectivity index (χ3n) is 5.68. The molecule has 1 fully saturated rings. The van der Waals surface area contributed by atoms with E-state index in [2.05, 4.69) is 6.58 Å². The zero-order chi connectivity index (χ0) is 21.4. The Hall–Kier alpha value is -2.30. The predicted molar refractivity (Wildman–Crippen MR) is 115 cm³/mol. The summed E-state index contributed by atoms with van der Waals surface area (Å²) in [4.78, 5) is 28.7. The number of rotatable bonds is 4. The number of likely N-dealkylation sites (tertiary alicyclic amines) is 1. The van der Waals surface area contributed by atoms with Crippen LogP contribution >= 0.6 is 23.2 Å². The van der Waals surface area contributed by atoms with Gasteiger partial charge in [0.1, 0.15) is 0 Å². The van der Waals surface area contributed by atoms with Crippen LogP contribution in [0.2, 0.25) is 10.0 Å². The van der Waals surface area contributed by atoms with Gasteiger partial charge in [-0.05, 0) is 55.2 Å². The Labute approximate surface area is 181 Å². The van der Waals surface area contributed by atoms with Crippen LogP contribution in [0.25, 0.3) is 0 Å². The van der Waals surface area contributed by atoms with Gasteiger partial charge >= 0.3 is 5.97 Å². The minimum Gasteiger partial charge on any atom is -0.468 e. The number of esters is 1. The predicted octanol–water partition coefficient (Wildman–Crippen LogP) is 5.13. The van der Waals surface area contributed by atoms with Crippen LogP contribution in [-0.4, -0.2) is 30.4 Å². The molecule has 1 saturated heterocycles. The molecule has 2 aromatic carbocycles. The molecule has 1 unspecified atom stereocenters. The summed E-state index contributed by atoms with van der Waals surface area (Å²) < 4.78 is 5.10. The summed E-state index contributed by atoms with van der Waals surface area (Å²) in [6, 6.07) is 14.1. The Bertz CT molecular complexity index is 941. The number of benzene rings is 2. The van der Waals surface area contributed by atoms with Gasteiger partial charge in [0.25, 0.3) is 0 Å². The highest BCUT2D eigenvalue weighted by Gasteiger charge is 2.57. The van der Waals surface area contributed by atoms with Gasteiger partial charge < -0.3 is 9.64 Å². The Morgan fingerprint density at radius 2 is 1.72 bits per heavy atom. The highest BCUT2D eigenvalue weighted by atomic mass is 35.5. The van der Waals surface area contributed by atoms with Crippen molar-refractivity contribution in [2.24, 2.45) is 0 Å². The first-order valence-electron chi connectivity index (χ1n) is 9.26. The van der Waals surface area contributed by atoms with Gasteiger partial charge in [-0.1, -0.05) is 60.1 Å². The molecule has 29 heavy (non-hydrogen) atoms. The van der Waals surface area contributed by atoms with Crippen molar-refractivity contribution >= 4 is 35.1 Å². The van der Waals surface area contributed by atoms with E-state index in [1.165, 1.54) is 7.11 Å². The molecule has 0 spiro atoms. The van der Waals surface area contributed by atoms with Crippen LogP contribution in [0.5, 0.6) is 0 Å². The van der Waals surface area contributed by atoms with E-state index >= 15 is 0 Å². The Morgan fingerprint density at radius 3 is 2.28 bits per heavy atom. The Morgan fingerprint density at radius 1 is 1.14 bits per heavy atom. The lowest BCUT2D eigenvalue weighted by molar-refractivity contribution is -0.159. The first-order valence-corrected chi connectivity index (χ1v) is 10.0. The van der Waals surface area contributed by atoms with Gasteiger partial charge in [0.2, 0.25) is 5.91 Å². The number of hydrogen-bond donors (Lipinski definition) is 0. The zero-order valence-electron chi connectivity index (χ0n) is 16.7. The van der Waals surface area contributed by atoms with Crippen molar-refractivity contribution in [3.05, 3.63) is 81.9 Å². The second kappa shape index (κ2) is 7.85. The van der Waals surface area contributed by atoms with Gasteiger partial charge in [0.05, 0.1) is 12.6 Å². The first kappa shape index (κ1) is 21.4. The normalized spacial score (nSPS) is 20.0. The molecule has 0 bridgehead atoms. The average molecular weight is 432 g/mol. The highest BCUT2D eigenvalue weighted by molar-refractivity contribution is 6.34. The zero-order valence-corrected chi connectivity index (χ0v) is 18.2. The SMILES string of the molecule is C=C1CCN(C(C)(C)c2cc(Cl)cc(Cl)c2)C(=O)C1(C(=O)OC)c1ccccc1. The molecule has 1 aliphatic heterocycles. The van der Waals surface area contributed by atoms with Crippen LogP contribution in [0.15, 0.2) is 60.7 Å². The molecule has 6 heteroatoms. The van der Waals surface area contributed by atoms with Crippen LogP contribution in [0.4, 0.5) is 0 Å². The Balaban J connectivity index is 2.17. The van der Waals surface area contributed by atoms with Gasteiger partial charge in [-0.15, -0.1) is 0 Å². The van der Waals surface area contributed by atoms with Crippen molar-refractivity contribution < 1.29 is 14.3 Å². The largest absolute Gasteiger partial charge is 0.468 e. The minimum atomic E-state index is -1.59. The lowest BCUT2D eigenvalue weighted by Crippen LogP contribution is -2.61. The maximum atomic E-state index is 13.9. The number of amides is 1. The minimum absolute atomic E-state index is 0.368. The van der Waals surface area contributed by atoms with Crippen molar-refractivity contribution in [2.45, 2.75) is 31.2 Å². The highest BCUT2D eigenvalue weighted by Crippen LogP contribution is 2.44. The van der Waals surface area contributed by atoms with Crippen molar-refractivity contribution in [1.82, 2.24) is 4.90 Å². The van der Waals surface area contributed by atoms with Crippen LogP contribution in [0, 0.1) is 0 Å². The van der Waals surface area contributed by atoms with E-state index in [1.54, 1.807) is 47.4 Å². The molecule has 1 aliphatic rings. The molecule has 0 radical (unpaired) electrons. The molecular formula is C23H23Cl2NO3. The quantitative estimate of drug-likeness (QED) is 0.383. The average Bonchev–Trinajstić information content (AvgIpc) is 2.68. The van der Waals surface area contributed by atoms with Gasteiger partial charge in [0.15, 0.2) is 5.41 Å². The summed E-state index contributed by atoms with van der Waals surface area (Å²) in [5.41, 5.74) is -0.500. The van der Waals surface area contributed by atoms with E-state index in [1.807, 2.05) is 19.9 Å². The van der Waals surface area contributed by atoms with Gasteiger partial charge in [-0.2, -0.15) is 0 Å². The van der Waals surface area contributed by atoms with E-state index < -0.39 is 16.9 Å². The van der Waals surface area contributed by atoms with Crippen LogP contribution in [0.1, 0.15) is 31.4 Å². The molecule has 1 heterocycles. The Kier molecular flexibility index (Phi) is 5.79. The molecular weight excluding hydrogens is 409 g/mol. The van der Waals surface area contributed by atoms with E-state index in [-0.39, 0.29) is 5.91 Å². The van der Waals surface area contributed by atoms with Gasteiger partial charge in [-0.3, -0.25) is 9.59 Å². The van der Waals surface area contributed by atoms with Crippen LogP contribution in [0.3, 0.4) is 0 Å². The second-order valence-corrected chi connectivity index (χ2v) is 8.51. The van der Waals surface area contributed by atoms with Crippen LogP contribution in [-0.2, 0) is 25.3 Å².